The van der Waals surface area contributed by atoms with Crippen LogP contribution in [0.2, 0.25) is 0 Å². The molecule has 0 aliphatic rings. The predicted molar refractivity (Wildman–Crippen MR) is 60.9 cm³/mol. The van der Waals surface area contributed by atoms with E-state index in [0.717, 1.165) is 12.8 Å². The lowest BCUT2D eigenvalue weighted by atomic mass is 10.2. The van der Waals surface area contributed by atoms with Gasteiger partial charge in [-0.15, -0.1) is 0 Å². The molecular formula is C11H15N3O3. The molecule has 92 valence electrons. The highest BCUT2D eigenvalue weighted by molar-refractivity contribution is 6.01. The molecule has 6 heteroatoms. The molecule has 1 heterocycles. The van der Waals surface area contributed by atoms with Crippen LogP contribution in [0.4, 0.5) is 0 Å². The van der Waals surface area contributed by atoms with Crippen LogP contribution in [0.3, 0.4) is 0 Å². The molecule has 0 atom stereocenters. The zero-order valence-corrected chi connectivity index (χ0v) is 9.88. The fourth-order valence-electron chi connectivity index (χ4n) is 1.33. The number of carbonyl (C=O) groups excluding carboxylic acids is 1. The van der Waals surface area contributed by atoms with Crippen molar-refractivity contribution >= 4 is 11.9 Å². The number of hydrogen-bond donors (Lipinski definition) is 1. The Hall–Kier alpha value is -1.98. The molecule has 0 saturated heterocycles. The molecule has 1 amide bonds. The molecule has 1 N–H and O–H groups in total. The smallest absolute Gasteiger partial charge is 0.356 e. The number of carboxylic acids is 1. The maximum Gasteiger partial charge on any atom is 0.356 e. The van der Waals surface area contributed by atoms with E-state index in [0.29, 0.717) is 6.54 Å². The van der Waals surface area contributed by atoms with Crippen LogP contribution in [0, 0.1) is 0 Å². The Bertz CT molecular complexity index is 420. The molecule has 0 bridgehead atoms. The number of aromatic nitrogens is 2. The molecule has 0 fully saturated rings. The number of unbranched alkanes of at least 4 members (excludes halogenated alkanes) is 1. The lowest BCUT2D eigenvalue weighted by molar-refractivity contribution is 0.0672. The van der Waals surface area contributed by atoms with Gasteiger partial charge in [0.15, 0.2) is 11.4 Å². The summed E-state index contributed by atoms with van der Waals surface area (Å²) >= 11 is 0. The largest absolute Gasteiger partial charge is 0.476 e. The lowest BCUT2D eigenvalue weighted by Gasteiger charge is -2.16. The third-order valence-corrected chi connectivity index (χ3v) is 2.30. The van der Waals surface area contributed by atoms with E-state index in [1.165, 1.54) is 17.3 Å². The highest BCUT2D eigenvalue weighted by atomic mass is 16.4. The summed E-state index contributed by atoms with van der Waals surface area (Å²) in [5.74, 6) is -1.66. The quantitative estimate of drug-likeness (QED) is 0.827. The van der Waals surface area contributed by atoms with Crippen molar-refractivity contribution < 1.29 is 14.7 Å². The summed E-state index contributed by atoms with van der Waals surface area (Å²) in [5, 5.41) is 8.90. The van der Waals surface area contributed by atoms with E-state index in [1.807, 2.05) is 6.92 Å². The van der Waals surface area contributed by atoms with Gasteiger partial charge < -0.3 is 10.0 Å². The van der Waals surface area contributed by atoms with Crippen LogP contribution in [-0.4, -0.2) is 45.4 Å². The minimum atomic E-state index is -1.25. The summed E-state index contributed by atoms with van der Waals surface area (Å²) in [6.45, 7) is 2.59. The van der Waals surface area contributed by atoms with Gasteiger partial charge in [-0.1, -0.05) is 13.3 Å². The molecule has 1 rings (SSSR count). The Morgan fingerprint density at radius 2 is 1.88 bits per heavy atom. The first kappa shape index (κ1) is 13.1. The number of carboxylic acid groups (broad SMARTS) is 1. The zero-order chi connectivity index (χ0) is 12.8. The first-order chi connectivity index (χ1) is 8.07. The monoisotopic (exact) mass is 237 g/mol. The van der Waals surface area contributed by atoms with Gasteiger partial charge in [-0.25, -0.2) is 14.8 Å². The van der Waals surface area contributed by atoms with Crippen molar-refractivity contribution in [1.29, 1.82) is 0 Å². The topological polar surface area (TPSA) is 83.4 Å². The Kier molecular flexibility index (Phi) is 4.56. The number of hydrogen-bond acceptors (Lipinski definition) is 4. The summed E-state index contributed by atoms with van der Waals surface area (Å²) in [7, 11) is 1.62. The highest BCUT2D eigenvalue weighted by Gasteiger charge is 2.21. The van der Waals surface area contributed by atoms with Crippen LogP contribution in [-0.2, 0) is 0 Å². The average Bonchev–Trinajstić information content (AvgIpc) is 2.34. The maximum atomic E-state index is 11.9. The molecule has 0 unspecified atom stereocenters. The minimum Gasteiger partial charge on any atom is -0.476 e. The Labute approximate surface area is 99.3 Å². The normalized spacial score (nSPS) is 10.0. The third-order valence-electron chi connectivity index (χ3n) is 2.30. The molecular weight excluding hydrogens is 222 g/mol. The summed E-state index contributed by atoms with van der Waals surface area (Å²) < 4.78 is 0. The number of amides is 1. The standard InChI is InChI=1S/C11H15N3O3/c1-3-4-7-14(2)10(15)8-9(11(16)17)13-6-5-12-8/h5-6H,3-4,7H2,1-2H3,(H,16,17). The third kappa shape index (κ3) is 3.24. The average molecular weight is 237 g/mol. The molecule has 0 spiro atoms. The number of nitrogens with zero attached hydrogens (tertiary/aromatic N) is 3. The molecule has 0 radical (unpaired) electrons. The second kappa shape index (κ2) is 5.93. The molecule has 1 aromatic heterocycles. The van der Waals surface area contributed by atoms with E-state index in [2.05, 4.69) is 9.97 Å². The van der Waals surface area contributed by atoms with E-state index in [-0.39, 0.29) is 11.4 Å². The second-order valence-corrected chi connectivity index (χ2v) is 3.64. The van der Waals surface area contributed by atoms with Crippen LogP contribution in [0.25, 0.3) is 0 Å². The molecule has 0 saturated carbocycles. The SMILES string of the molecule is CCCCN(C)C(=O)c1nccnc1C(=O)O. The van der Waals surface area contributed by atoms with E-state index in [4.69, 9.17) is 5.11 Å². The van der Waals surface area contributed by atoms with Crippen LogP contribution < -0.4 is 0 Å². The minimum absolute atomic E-state index is 0.112. The van der Waals surface area contributed by atoms with E-state index < -0.39 is 11.9 Å². The van der Waals surface area contributed by atoms with Gasteiger partial charge >= 0.3 is 5.97 Å². The highest BCUT2D eigenvalue weighted by Crippen LogP contribution is 2.06. The van der Waals surface area contributed by atoms with E-state index in [1.54, 1.807) is 7.05 Å². The molecule has 6 nitrogen and oxygen atoms in total. The molecule has 0 aromatic carbocycles. The Morgan fingerprint density at radius 1 is 1.29 bits per heavy atom. The van der Waals surface area contributed by atoms with E-state index in [9.17, 15) is 9.59 Å². The van der Waals surface area contributed by atoms with Gasteiger partial charge in [0.25, 0.3) is 5.91 Å². The number of carbonyl (C=O) groups is 2. The lowest BCUT2D eigenvalue weighted by Crippen LogP contribution is -2.30. The first-order valence-electron chi connectivity index (χ1n) is 5.37. The number of aromatic carboxylic acids is 1. The van der Waals surface area contributed by atoms with Crippen molar-refractivity contribution in [1.82, 2.24) is 14.9 Å². The Balaban J connectivity index is 2.92. The van der Waals surface area contributed by atoms with Gasteiger partial charge in [0.2, 0.25) is 0 Å². The van der Waals surface area contributed by atoms with Crippen molar-refractivity contribution in [2.75, 3.05) is 13.6 Å². The van der Waals surface area contributed by atoms with Crippen LogP contribution in [0.1, 0.15) is 40.7 Å². The summed E-state index contributed by atoms with van der Waals surface area (Å²) in [4.78, 5) is 31.7. The van der Waals surface area contributed by atoms with Crippen molar-refractivity contribution in [3.63, 3.8) is 0 Å². The van der Waals surface area contributed by atoms with Gasteiger partial charge in [0, 0.05) is 26.0 Å². The van der Waals surface area contributed by atoms with Crippen molar-refractivity contribution in [2.45, 2.75) is 19.8 Å². The van der Waals surface area contributed by atoms with E-state index >= 15 is 0 Å². The van der Waals surface area contributed by atoms with Gasteiger partial charge in [-0.3, -0.25) is 4.79 Å². The van der Waals surface area contributed by atoms with Crippen molar-refractivity contribution in [2.24, 2.45) is 0 Å². The summed E-state index contributed by atoms with van der Waals surface area (Å²) in [6, 6.07) is 0. The molecule has 17 heavy (non-hydrogen) atoms. The predicted octanol–water partition coefficient (Wildman–Crippen LogP) is 1.05. The maximum absolute atomic E-state index is 11.9. The van der Waals surface area contributed by atoms with Crippen LogP contribution >= 0.6 is 0 Å². The first-order valence-corrected chi connectivity index (χ1v) is 5.37. The summed E-state index contributed by atoms with van der Waals surface area (Å²) in [6.07, 6.45) is 4.40. The van der Waals surface area contributed by atoms with Crippen molar-refractivity contribution in [3.8, 4) is 0 Å². The van der Waals surface area contributed by atoms with Gasteiger partial charge in [-0.2, -0.15) is 0 Å². The van der Waals surface area contributed by atoms with Gasteiger partial charge in [0.1, 0.15) is 0 Å². The Morgan fingerprint density at radius 3 is 2.41 bits per heavy atom. The molecule has 0 aliphatic carbocycles. The van der Waals surface area contributed by atoms with Crippen LogP contribution in [0.15, 0.2) is 12.4 Å². The second-order valence-electron chi connectivity index (χ2n) is 3.64. The fourth-order valence-corrected chi connectivity index (χ4v) is 1.33. The van der Waals surface area contributed by atoms with Crippen molar-refractivity contribution in [3.05, 3.63) is 23.8 Å². The van der Waals surface area contributed by atoms with Gasteiger partial charge in [0.05, 0.1) is 0 Å². The van der Waals surface area contributed by atoms with Gasteiger partial charge in [-0.05, 0) is 6.42 Å². The fraction of sp³-hybridized carbons (Fsp3) is 0.455. The molecule has 0 aliphatic heterocycles. The zero-order valence-electron chi connectivity index (χ0n) is 9.88. The summed E-state index contributed by atoms with van der Waals surface area (Å²) in [5.41, 5.74) is -0.417. The molecule has 1 aromatic rings. The number of rotatable bonds is 5. The van der Waals surface area contributed by atoms with Crippen LogP contribution in [0.5, 0.6) is 0 Å².